The van der Waals surface area contributed by atoms with E-state index in [4.69, 9.17) is 0 Å². The van der Waals surface area contributed by atoms with E-state index < -0.39 is 5.91 Å². The summed E-state index contributed by atoms with van der Waals surface area (Å²) in [6, 6.07) is 17.1. The molecule has 0 atom stereocenters. The van der Waals surface area contributed by atoms with Crippen LogP contribution >= 0.6 is 0 Å². The summed E-state index contributed by atoms with van der Waals surface area (Å²) in [4.78, 5) is 14.3. The first kappa shape index (κ1) is 16.3. The molecule has 0 heterocycles. The summed E-state index contributed by atoms with van der Waals surface area (Å²) in [5.41, 5.74) is 3.61. The Hall–Kier alpha value is -3.06. The van der Waals surface area contributed by atoms with Crippen LogP contribution in [-0.2, 0) is 4.79 Å². The van der Waals surface area contributed by atoms with Crippen molar-refractivity contribution in [2.24, 2.45) is 0 Å². The molecule has 2 aromatic rings. The fourth-order valence-corrected chi connectivity index (χ4v) is 2.09. The summed E-state index contributed by atoms with van der Waals surface area (Å²) in [5.74, 6) is -0.404. The van der Waals surface area contributed by atoms with Crippen molar-refractivity contribution in [2.45, 2.75) is 6.92 Å². The Morgan fingerprint density at radius 1 is 1.13 bits per heavy atom. The second kappa shape index (κ2) is 7.28. The Bertz CT molecular complexity index is 768. The highest BCUT2D eigenvalue weighted by molar-refractivity contribution is 6.09. The van der Waals surface area contributed by atoms with E-state index in [1.807, 2.05) is 80.5 Å². The molecule has 0 aliphatic carbocycles. The number of rotatable bonds is 4. The SMILES string of the molecule is Cc1ccccc1NC(=O)C(C#N)=Cc1ccc(N(C)C)cc1. The van der Waals surface area contributed by atoms with Crippen molar-refractivity contribution in [3.8, 4) is 6.07 Å². The van der Waals surface area contributed by atoms with E-state index in [1.165, 1.54) is 0 Å². The minimum Gasteiger partial charge on any atom is -0.378 e. The number of benzene rings is 2. The molecule has 116 valence electrons. The number of anilines is 2. The number of aryl methyl sites for hydroxylation is 1. The van der Waals surface area contributed by atoms with Crippen molar-refractivity contribution in [1.82, 2.24) is 0 Å². The Morgan fingerprint density at radius 2 is 1.78 bits per heavy atom. The van der Waals surface area contributed by atoms with Crippen molar-refractivity contribution in [1.29, 1.82) is 5.26 Å². The predicted molar refractivity (Wildman–Crippen MR) is 94.2 cm³/mol. The number of amides is 1. The van der Waals surface area contributed by atoms with Crippen molar-refractivity contribution in [3.63, 3.8) is 0 Å². The second-order valence-electron chi connectivity index (χ2n) is 5.42. The lowest BCUT2D eigenvalue weighted by atomic mass is 10.1. The first-order chi connectivity index (χ1) is 11.0. The van der Waals surface area contributed by atoms with E-state index in [2.05, 4.69) is 5.32 Å². The van der Waals surface area contributed by atoms with Gasteiger partial charge in [-0.3, -0.25) is 4.79 Å². The van der Waals surface area contributed by atoms with Crippen LogP contribution in [0, 0.1) is 18.3 Å². The minimum absolute atomic E-state index is 0.0749. The lowest BCUT2D eigenvalue weighted by Crippen LogP contribution is -2.14. The monoisotopic (exact) mass is 305 g/mol. The lowest BCUT2D eigenvalue weighted by Gasteiger charge is -2.12. The molecule has 4 heteroatoms. The number of hydrogen-bond donors (Lipinski definition) is 1. The van der Waals surface area contributed by atoms with Crippen LogP contribution in [0.15, 0.2) is 54.1 Å². The van der Waals surface area contributed by atoms with Gasteiger partial charge in [0.05, 0.1) is 0 Å². The van der Waals surface area contributed by atoms with Gasteiger partial charge in [0.25, 0.3) is 5.91 Å². The van der Waals surface area contributed by atoms with Crippen LogP contribution in [0.5, 0.6) is 0 Å². The van der Waals surface area contributed by atoms with Crippen molar-refractivity contribution in [3.05, 3.63) is 65.2 Å². The molecular formula is C19H19N3O. The number of nitrogens with one attached hydrogen (secondary N) is 1. The van der Waals surface area contributed by atoms with Gasteiger partial charge in [-0.1, -0.05) is 30.3 Å². The summed E-state index contributed by atoms with van der Waals surface area (Å²) in [5, 5.41) is 12.0. The maximum absolute atomic E-state index is 12.3. The van der Waals surface area contributed by atoms with E-state index in [9.17, 15) is 10.1 Å². The summed E-state index contributed by atoms with van der Waals surface area (Å²) in [6.07, 6.45) is 1.59. The molecule has 2 aromatic carbocycles. The first-order valence-electron chi connectivity index (χ1n) is 7.27. The average molecular weight is 305 g/mol. The fraction of sp³-hybridized carbons (Fsp3) is 0.158. The second-order valence-corrected chi connectivity index (χ2v) is 5.42. The van der Waals surface area contributed by atoms with Gasteiger partial charge in [-0.05, 0) is 42.3 Å². The van der Waals surface area contributed by atoms with Crippen LogP contribution in [0.4, 0.5) is 11.4 Å². The number of nitriles is 1. The van der Waals surface area contributed by atoms with Gasteiger partial charge in [-0.25, -0.2) is 0 Å². The van der Waals surface area contributed by atoms with E-state index >= 15 is 0 Å². The third kappa shape index (κ3) is 4.21. The summed E-state index contributed by atoms with van der Waals surface area (Å²) >= 11 is 0. The molecule has 0 radical (unpaired) electrons. The molecule has 4 nitrogen and oxygen atoms in total. The van der Waals surface area contributed by atoms with Crippen LogP contribution in [0.1, 0.15) is 11.1 Å². The van der Waals surface area contributed by atoms with Gasteiger partial charge < -0.3 is 10.2 Å². The number of carbonyl (C=O) groups is 1. The molecule has 0 saturated heterocycles. The zero-order chi connectivity index (χ0) is 16.8. The highest BCUT2D eigenvalue weighted by Crippen LogP contribution is 2.17. The van der Waals surface area contributed by atoms with Gasteiger partial charge in [0.15, 0.2) is 0 Å². The van der Waals surface area contributed by atoms with Gasteiger partial charge in [-0.15, -0.1) is 0 Å². The van der Waals surface area contributed by atoms with Crippen LogP contribution in [0.2, 0.25) is 0 Å². The standard InChI is InChI=1S/C19H19N3O/c1-14-6-4-5-7-18(14)21-19(23)16(13-20)12-15-8-10-17(11-9-15)22(2)3/h4-12H,1-3H3,(H,21,23). The topological polar surface area (TPSA) is 56.1 Å². The highest BCUT2D eigenvalue weighted by atomic mass is 16.1. The maximum atomic E-state index is 12.3. The van der Waals surface area contributed by atoms with Crippen LogP contribution < -0.4 is 10.2 Å². The molecule has 0 bridgehead atoms. The summed E-state index contributed by atoms with van der Waals surface area (Å²) in [7, 11) is 3.92. The van der Waals surface area contributed by atoms with Crippen molar-refractivity contribution >= 4 is 23.4 Å². The minimum atomic E-state index is -0.404. The number of nitrogens with zero attached hydrogens (tertiary/aromatic N) is 2. The van der Waals surface area contributed by atoms with E-state index in [-0.39, 0.29) is 5.57 Å². The third-order valence-corrected chi connectivity index (χ3v) is 3.48. The molecule has 0 fully saturated rings. The normalized spacial score (nSPS) is 10.8. The Labute approximate surface area is 136 Å². The molecule has 1 amide bonds. The van der Waals surface area contributed by atoms with E-state index in [0.29, 0.717) is 5.69 Å². The molecule has 0 spiro atoms. The van der Waals surface area contributed by atoms with E-state index in [0.717, 1.165) is 16.8 Å². The molecule has 0 aliphatic heterocycles. The summed E-state index contributed by atoms with van der Waals surface area (Å²) < 4.78 is 0. The average Bonchev–Trinajstić information content (AvgIpc) is 2.55. The van der Waals surface area contributed by atoms with Crippen LogP contribution in [0.25, 0.3) is 6.08 Å². The lowest BCUT2D eigenvalue weighted by molar-refractivity contribution is -0.112. The zero-order valence-electron chi connectivity index (χ0n) is 13.5. The Balaban J connectivity index is 2.20. The smallest absolute Gasteiger partial charge is 0.266 e. The maximum Gasteiger partial charge on any atom is 0.266 e. The molecule has 23 heavy (non-hydrogen) atoms. The van der Waals surface area contributed by atoms with Crippen LogP contribution in [-0.4, -0.2) is 20.0 Å². The van der Waals surface area contributed by atoms with Crippen molar-refractivity contribution < 1.29 is 4.79 Å². The molecule has 0 unspecified atom stereocenters. The molecular weight excluding hydrogens is 286 g/mol. The Morgan fingerprint density at radius 3 is 2.35 bits per heavy atom. The van der Waals surface area contributed by atoms with Crippen LogP contribution in [0.3, 0.4) is 0 Å². The van der Waals surface area contributed by atoms with Gasteiger partial charge in [0, 0.05) is 25.5 Å². The number of carbonyl (C=O) groups excluding carboxylic acids is 1. The van der Waals surface area contributed by atoms with Gasteiger partial charge in [-0.2, -0.15) is 5.26 Å². The molecule has 2 rings (SSSR count). The number of para-hydroxylation sites is 1. The van der Waals surface area contributed by atoms with E-state index in [1.54, 1.807) is 6.08 Å². The largest absolute Gasteiger partial charge is 0.378 e. The van der Waals surface area contributed by atoms with Gasteiger partial charge in [0.2, 0.25) is 0 Å². The first-order valence-corrected chi connectivity index (χ1v) is 7.27. The molecule has 0 aromatic heterocycles. The van der Waals surface area contributed by atoms with Crippen molar-refractivity contribution in [2.75, 3.05) is 24.3 Å². The molecule has 1 N–H and O–H groups in total. The zero-order valence-corrected chi connectivity index (χ0v) is 13.5. The number of hydrogen-bond acceptors (Lipinski definition) is 3. The highest BCUT2D eigenvalue weighted by Gasteiger charge is 2.10. The Kier molecular flexibility index (Phi) is 5.16. The fourth-order valence-electron chi connectivity index (χ4n) is 2.09. The predicted octanol–water partition coefficient (Wildman–Crippen LogP) is 3.61. The van der Waals surface area contributed by atoms with Gasteiger partial charge in [0.1, 0.15) is 11.6 Å². The third-order valence-electron chi connectivity index (χ3n) is 3.48. The summed E-state index contributed by atoms with van der Waals surface area (Å²) in [6.45, 7) is 1.91. The quantitative estimate of drug-likeness (QED) is 0.693. The van der Waals surface area contributed by atoms with Gasteiger partial charge >= 0.3 is 0 Å². The molecule has 0 aliphatic rings. The molecule has 0 saturated carbocycles.